The van der Waals surface area contributed by atoms with E-state index in [4.69, 9.17) is 17.3 Å². The Bertz CT molecular complexity index is 1290. The number of aromatic amines is 1. The third kappa shape index (κ3) is 6.76. The lowest BCUT2D eigenvalue weighted by atomic mass is 10.1. The van der Waals surface area contributed by atoms with Gasteiger partial charge in [-0.2, -0.15) is 0 Å². The van der Waals surface area contributed by atoms with Gasteiger partial charge in [0.25, 0.3) is 17.7 Å². The summed E-state index contributed by atoms with van der Waals surface area (Å²) < 4.78 is 13.3. The number of unbranched alkanes of at least 4 members (excludes halogenated alkanes) is 2. The van der Waals surface area contributed by atoms with E-state index in [2.05, 4.69) is 20.2 Å². The third-order valence-corrected chi connectivity index (χ3v) is 6.81. The highest BCUT2D eigenvalue weighted by atomic mass is 35.5. The molecule has 0 saturated carbocycles. The molecule has 4 rings (SSSR count). The van der Waals surface area contributed by atoms with Gasteiger partial charge in [-0.15, -0.1) is 0 Å². The van der Waals surface area contributed by atoms with Gasteiger partial charge in [-0.1, -0.05) is 18.0 Å². The molecule has 0 atom stereocenters. The molecule has 1 aromatic heterocycles. The SMILES string of the molecule is NC(=O)c1nc[nH]c1C(=O)N(CCCCCN1CCCC1)c1ccc(NC(=O)c2ccc(F)cc2Cl)cc1. The van der Waals surface area contributed by atoms with Gasteiger partial charge >= 0.3 is 0 Å². The molecule has 200 valence electrons. The number of benzene rings is 2. The highest BCUT2D eigenvalue weighted by molar-refractivity contribution is 6.34. The minimum atomic E-state index is -0.794. The topological polar surface area (TPSA) is 124 Å². The van der Waals surface area contributed by atoms with Gasteiger partial charge in [-0.05, 0) is 87.8 Å². The Kier molecular flexibility index (Phi) is 9.09. The number of hydrogen-bond acceptors (Lipinski definition) is 5. The molecule has 2 aromatic carbocycles. The molecule has 0 unspecified atom stereocenters. The van der Waals surface area contributed by atoms with Crippen LogP contribution in [-0.4, -0.2) is 58.8 Å². The maximum absolute atomic E-state index is 13.4. The summed E-state index contributed by atoms with van der Waals surface area (Å²) in [7, 11) is 0. The summed E-state index contributed by atoms with van der Waals surface area (Å²) in [4.78, 5) is 48.4. The first-order valence-corrected chi connectivity index (χ1v) is 12.9. The van der Waals surface area contributed by atoms with Crippen molar-refractivity contribution in [2.45, 2.75) is 32.1 Å². The fraction of sp³-hybridized carbons (Fsp3) is 0.333. The number of anilines is 2. The predicted octanol–water partition coefficient (Wildman–Crippen LogP) is 4.47. The zero-order chi connectivity index (χ0) is 27.1. The van der Waals surface area contributed by atoms with E-state index in [0.29, 0.717) is 17.9 Å². The standard InChI is InChI=1S/C27H30ClFN6O3/c28-22-16-18(29)6-11-21(22)26(37)33-19-7-9-20(10-8-19)35(15-3-1-2-12-34-13-4-5-14-34)27(38)24-23(25(30)36)31-17-32-24/h6-11,16-17H,1-5,12-15H2,(H2,30,36)(H,31,32)(H,33,37). The quantitative estimate of drug-likeness (QED) is 0.310. The van der Waals surface area contributed by atoms with E-state index in [1.54, 1.807) is 29.2 Å². The van der Waals surface area contributed by atoms with Gasteiger partial charge in [-0.3, -0.25) is 14.4 Å². The maximum Gasteiger partial charge on any atom is 0.277 e. The van der Waals surface area contributed by atoms with Crippen molar-refractivity contribution in [3.63, 3.8) is 0 Å². The second kappa shape index (κ2) is 12.7. The van der Waals surface area contributed by atoms with Crippen LogP contribution in [0.25, 0.3) is 0 Å². The fourth-order valence-electron chi connectivity index (χ4n) is 4.51. The number of likely N-dealkylation sites (tertiary alicyclic amines) is 1. The molecule has 9 nitrogen and oxygen atoms in total. The smallest absolute Gasteiger partial charge is 0.277 e. The molecule has 0 spiro atoms. The number of rotatable bonds is 11. The fourth-order valence-corrected chi connectivity index (χ4v) is 4.77. The lowest BCUT2D eigenvalue weighted by Crippen LogP contribution is -2.34. The average molecular weight is 541 g/mol. The number of H-pyrrole nitrogens is 1. The Labute approximate surface area is 225 Å². The van der Waals surface area contributed by atoms with Crippen molar-refractivity contribution in [1.82, 2.24) is 14.9 Å². The number of halogens is 2. The summed E-state index contributed by atoms with van der Waals surface area (Å²) in [5, 5.41) is 2.73. The summed E-state index contributed by atoms with van der Waals surface area (Å²) in [5.41, 5.74) is 6.50. The minimum absolute atomic E-state index is 0.00503. The molecule has 3 aromatic rings. The molecule has 1 aliphatic heterocycles. The molecule has 11 heteroatoms. The van der Waals surface area contributed by atoms with E-state index >= 15 is 0 Å². The molecule has 0 radical (unpaired) electrons. The lowest BCUT2D eigenvalue weighted by Gasteiger charge is -2.23. The highest BCUT2D eigenvalue weighted by Crippen LogP contribution is 2.23. The van der Waals surface area contributed by atoms with Gasteiger partial charge in [0.2, 0.25) is 0 Å². The number of hydrogen-bond donors (Lipinski definition) is 3. The number of imidazole rings is 1. The van der Waals surface area contributed by atoms with Gasteiger partial charge in [0.05, 0.1) is 16.9 Å². The summed E-state index contributed by atoms with van der Waals surface area (Å²) in [6, 6.07) is 10.2. The Morgan fingerprint density at radius 3 is 2.50 bits per heavy atom. The first-order valence-electron chi connectivity index (χ1n) is 12.6. The maximum atomic E-state index is 13.4. The number of nitrogens with one attached hydrogen (secondary N) is 2. The van der Waals surface area contributed by atoms with Crippen LogP contribution in [0.3, 0.4) is 0 Å². The van der Waals surface area contributed by atoms with Crippen LogP contribution in [0.15, 0.2) is 48.8 Å². The van der Waals surface area contributed by atoms with Crippen LogP contribution in [0.1, 0.15) is 63.4 Å². The molecule has 0 aliphatic carbocycles. The van der Waals surface area contributed by atoms with Crippen LogP contribution in [0.5, 0.6) is 0 Å². The van der Waals surface area contributed by atoms with E-state index < -0.39 is 23.5 Å². The first kappa shape index (κ1) is 27.3. The minimum Gasteiger partial charge on any atom is -0.364 e. The number of primary amides is 1. The number of nitrogens with two attached hydrogens (primary N) is 1. The van der Waals surface area contributed by atoms with Crippen molar-refractivity contribution in [2.75, 3.05) is 36.4 Å². The van der Waals surface area contributed by atoms with Crippen LogP contribution in [-0.2, 0) is 0 Å². The second-order valence-electron chi connectivity index (χ2n) is 9.18. The number of amides is 3. The van der Waals surface area contributed by atoms with Gasteiger partial charge < -0.3 is 25.8 Å². The molecule has 3 amide bonds. The number of carbonyl (C=O) groups is 3. The Balaban J connectivity index is 1.46. The van der Waals surface area contributed by atoms with Crippen molar-refractivity contribution in [2.24, 2.45) is 5.73 Å². The molecule has 38 heavy (non-hydrogen) atoms. The van der Waals surface area contributed by atoms with Crippen LogP contribution < -0.4 is 16.0 Å². The average Bonchev–Trinajstić information content (AvgIpc) is 3.59. The Morgan fingerprint density at radius 1 is 1.08 bits per heavy atom. The summed E-state index contributed by atoms with van der Waals surface area (Å²) in [5.74, 6) is -2.24. The molecule has 1 aliphatic rings. The molecule has 1 saturated heterocycles. The molecular formula is C27H30ClFN6O3. The third-order valence-electron chi connectivity index (χ3n) is 6.50. The van der Waals surface area contributed by atoms with Gasteiger partial charge in [0, 0.05) is 17.9 Å². The van der Waals surface area contributed by atoms with Crippen molar-refractivity contribution >= 4 is 40.7 Å². The Hall–Kier alpha value is -3.76. The summed E-state index contributed by atoms with van der Waals surface area (Å²) >= 11 is 6.00. The molecule has 4 N–H and O–H groups in total. The zero-order valence-corrected chi connectivity index (χ0v) is 21.6. The Morgan fingerprint density at radius 2 is 1.82 bits per heavy atom. The van der Waals surface area contributed by atoms with Gasteiger partial charge in [0.1, 0.15) is 11.5 Å². The van der Waals surface area contributed by atoms with Gasteiger partial charge in [0.15, 0.2) is 5.69 Å². The van der Waals surface area contributed by atoms with Crippen molar-refractivity contribution in [1.29, 1.82) is 0 Å². The van der Waals surface area contributed by atoms with Crippen LogP contribution in [0.4, 0.5) is 15.8 Å². The van der Waals surface area contributed by atoms with E-state index in [9.17, 15) is 18.8 Å². The molecular weight excluding hydrogens is 511 g/mol. The molecule has 2 heterocycles. The number of carbonyl (C=O) groups excluding carboxylic acids is 3. The predicted molar refractivity (Wildman–Crippen MR) is 144 cm³/mol. The zero-order valence-electron chi connectivity index (χ0n) is 20.9. The number of aromatic nitrogens is 2. The second-order valence-corrected chi connectivity index (χ2v) is 9.59. The lowest BCUT2D eigenvalue weighted by molar-refractivity contribution is 0.0954. The largest absolute Gasteiger partial charge is 0.364 e. The normalized spacial score (nSPS) is 13.4. The van der Waals surface area contributed by atoms with Gasteiger partial charge in [-0.25, -0.2) is 9.37 Å². The first-order chi connectivity index (χ1) is 18.3. The van der Waals surface area contributed by atoms with E-state index in [1.165, 1.54) is 25.2 Å². The summed E-state index contributed by atoms with van der Waals surface area (Å²) in [6.45, 7) is 3.77. The van der Waals surface area contributed by atoms with E-state index in [0.717, 1.165) is 51.0 Å². The van der Waals surface area contributed by atoms with Crippen LogP contribution in [0, 0.1) is 5.82 Å². The van der Waals surface area contributed by atoms with E-state index in [1.807, 2.05) is 0 Å². The van der Waals surface area contributed by atoms with Crippen LogP contribution >= 0.6 is 11.6 Å². The summed E-state index contributed by atoms with van der Waals surface area (Å²) in [6.07, 6.45) is 6.51. The van der Waals surface area contributed by atoms with Crippen molar-refractivity contribution in [3.05, 3.63) is 76.6 Å². The van der Waals surface area contributed by atoms with Crippen LogP contribution in [0.2, 0.25) is 5.02 Å². The van der Waals surface area contributed by atoms with Crippen molar-refractivity contribution in [3.8, 4) is 0 Å². The van der Waals surface area contributed by atoms with E-state index in [-0.39, 0.29) is 22.0 Å². The molecule has 0 bridgehead atoms. The monoisotopic (exact) mass is 540 g/mol. The molecule has 1 fully saturated rings. The highest BCUT2D eigenvalue weighted by Gasteiger charge is 2.25. The van der Waals surface area contributed by atoms with Crippen molar-refractivity contribution < 1.29 is 18.8 Å². The number of nitrogens with zero attached hydrogens (tertiary/aromatic N) is 3.